The van der Waals surface area contributed by atoms with Crippen LogP contribution in [0.5, 0.6) is 0 Å². The average molecular weight is 179 g/mol. The monoisotopic (exact) mass is 179 g/mol. The topological polar surface area (TPSA) is 12.0 Å². The van der Waals surface area contributed by atoms with E-state index in [2.05, 4.69) is 44.3 Å². The van der Waals surface area contributed by atoms with Gasteiger partial charge in [-0.05, 0) is 30.8 Å². The second-order valence-corrected chi connectivity index (χ2v) is 4.63. The van der Waals surface area contributed by atoms with Gasteiger partial charge in [0.25, 0.3) is 0 Å². The van der Waals surface area contributed by atoms with E-state index in [-0.39, 0.29) is 1.43 Å². The molecular weight excluding hydrogens is 158 g/mol. The van der Waals surface area contributed by atoms with Crippen LogP contribution in [0.1, 0.15) is 28.6 Å². The first-order valence-corrected chi connectivity index (χ1v) is 5.33. The molecule has 0 bridgehead atoms. The van der Waals surface area contributed by atoms with Gasteiger partial charge in [0, 0.05) is 13.5 Å². The molecule has 3 atom stereocenters. The van der Waals surface area contributed by atoms with Crippen LogP contribution in [0.3, 0.4) is 0 Å². The zero-order valence-corrected chi connectivity index (χ0v) is 8.75. The molecule has 0 radical (unpaired) electrons. The molecule has 2 aliphatic carbocycles. The summed E-state index contributed by atoms with van der Waals surface area (Å²) in [5, 5.41) is 3.53. The van der Waals surface area contributed by atoms with Crippen LogP contribution in [0, 0.1) is 11.8 Å². The van der Waals surface area contributed by atoms with Crippen LogP contribution in [-0.4, -0.2) is 12.1 Å². The van der Waals surface area contributed by atoms with Gasteiger partial charge in [-0.3, -0.25) is 0 Å². The molecular formula is C12H21N. The third-order valence-corrected chi connectivity index (χ3v) is 2.92. The number of hydrogen-bond acceptors (Lipinski definition) is 1. The molecule has 2 aliphatic rings. The molecule has 0 aromatic heterocycles. The van der Waals surface area contributed by atoms with E-state index in [4.69, 9.17) is 0 Å². The van der Waals surface area contributed by atoms with Crippen molar-refractivity contribution in [2.24, 2.45) is 11.8 Å². The third-order valence-electron chi connectivity index (χ3n) is 2.92. The molecule has 0 heterocycles. The van der Waals surface area contributed by atoms with Gasteiger partial charge in [0.2, 0.25) is 0 Å². The van der Waals surface area contributed by atoms with Crippen LogP contribution in [0.25, 0.3) is 0 Å². The molecule has 0 aromatic rings. The van der Waals surface area contributed by atoms with Gasteiger partial charge >= 0.3 is 0 Å². The minimum atomic E-state index is 0. The van der Waals surface area contributed by atoms with Crippen LogP contribution >= 0.6 is 0 Å². The summed E-state index contributed by atoms with van der Waals surface area (Å²) in [5.41, 5.74) is 1.48. The molecule has 74 valence electrons. The molecule has 3 unspecified atom stereocenters. The summed E-state index contributed by atoms with van der Waals surface area (Å²) in [4.78, 5) is 0. The Hall–Kier alpha value is -0.560. The van der Waals surface area contributed by atoms with Crippen LogP contribution in [0.15, 0.2) is 23.8 Å². The van der Waals surface area contributed by atoms with Gasteiger partial charge in [-0.1, -0.05) is 32.1 Å². The second-order valence-electron chi connectivity index (χ2n) is 4.63. The standard InChI is InChI=1S/C12H19N.H2/c1-8(2)13-9(3)10-4-5-11-7-12(11)6-10;/h4-6,8-9,11-13H,7H2,1-3H3;1H. The largest absolute Gasteiger partial charge is 0.308 e. The predicted octanol–water partition coefficient (Wildman–Crippen LogP) is 2.75. The molecule has 0 aliphatic heterocycles. The maximum atomic E-state index is 3.53. The number of hydrogen-bond donors (Lipinski definition) is 1. The van der Waals surface area contributed by atoms with Crippen LogP contribution in [0.4, 0.5) is 0 Å². The van der Waals surface area contributed by atoms with Crippen molar-refractivity contribution in [1.82, 2.24) is 5.32 Å². The highest BCUT2D eigenvalue weighted by Gasteiger charge is 2.35. The van der Waals surface area contributed by atoms with E-state index in [0.717, 1.165) is 11.8 Å². The molecule has 0 amide bonds. The Balaban J connectivity index is 0.000000980. The van der Waals surface area contributed by atoms with Crippen molar-refractivity contribution in [3.8, 4) is 0 Å². The lowest BCUT2D eigenvalue weighted by atomic mass is 10.0. The first-order valence-electron chi connectivity index (χ1n) is 5.33. The fourth-order valence-corrected chi connectivity index (χ4v) is 2.07. The molecule has 1 heteroatoms. The number of nitrogens with one attached hydrogen (secondary N) is 1. The summed E-state index contributed by atoms with van der Waals surface area (Å²) in [7, 11) is 0. The Morgan fingerprint density at radius 1 is 1.38 bits per heavy atom. The molecule has 1 fully saturated rings. The summed E-state index contributed by atoms with van der Waals surface area (Å²) in [6.45, 7) is 6.64. The summed E-state index contributed by atoms with van der Waals surface area (Å²) >= 11 is 0. The minimum Gasteiger partial charge on any atom is -0.308 e. The molecule has 2 rings (SSSR count). The highest BCUT2D eigenvalue weighted by Crippen LogP contribution is 2.44. The highest BCUT2D eigenvalue weighted by atomic mass is 14.9. The Bertz CT molecular complexity index is 255. The van der Waals surface area contributed by atoms with E-state index in [1.807, 2.05) is 0 Å². The van der Waals surface area contributed by atoms with Gasteiger partial charge in [-0.25, -0.2) is 0 Å². The van der Waals surface area contributed by atoms with Crippen molar-refractivity contribution in [2.75, 3.05) is 0 Å². The quantitative estimate of drug-likeness (QED) is 0.702. The van der Waals surface area contributed by atoms with Crippen LogP contribution in [-0.2, 0) is 0 Å². The molecule has 1 N–H and O–H groups in total. The summed E-state index contributed by atoms with van der Waals surface area (Å²) in [6, 6.07) is 1.08. The van der Waals surface area contributed by atoms with Crippen molar-refractivity contribution in [3.05, 3.63) is 23.8 Å². The van der Waals surface area contributed by atoms with Crippen LogP contribution < -0.4 is 5.32 Å². The maximum Gasteiger partial charge on any atom is 0.0290 e. The van der Waals surface area contributed by atoms with Crippen molar-refractivity contribution in [2.45, 2.75) is 39.3 Å². The fraction of sp³-hybridized carbons (Fsp3) is 0.667. The smallest absolute Gasteiger partial charge is 0.0290 e. The molecule has 0 aromatic carbocycles. The van der Waals surface area contributed by atoms with E-state index in [1.54, 1.807) is 0 Å². The SMILES string of the molecule is CC(C)NC(C)C1=CC2CC2C=C1.[HH]. The van der Waals surface area contributed by atoms with Gasteiger partial charge in [0.05, 0.1) is 0 Å². The van der Waals surface area contributed by atoms with Gasteiger partial charge in [0.1, 0.15) is 0 Å². The Morgan fingerprint density at radius 3 is 2.77 bits per heavy atom. The molecule has 0 spiro atoms. The van der Waals surface area contributed by atoms with Gasteiger partial charge < -0.3 is 5.32 Å². The Morgan fingerprint density at radius 2 is 2.15 bits per heavy atom. The minimum absolute atomic E-state index is 0. The first kappa shape index (κ1) is 9.01. The van der Waals surface area contributed by atoms with Gasteiger partial charge in [-0.15, -0.1) is 0 Å². The number of rotatable bonds is 3. The van der Waals surface area contributed by atoms with Gasteiger partial charge in [0.15, 0.2) is 0 Å². The molecule has 1 nitrogen and oxygen atoms in total. The molecule has 0 saturated heterocycles. The van der Waals surface area contributed by atoms with Crippen molar-refractivity contribution >= 4 is 0 Å². The third kappa shape index (κ3) is 2.02. The van der Waals surface area contributed by atoms with Crippen LogP contribution in [0.2, 0.25) is 0 Å². The lowest BCUT2D eigenvalue weighted by Gasteiger charge is -2.19. The number of allylic oxidation sites excluding steroid dienone is 2. The zero-order valence-electron chi connectivity index (χ0n) is 8.75. The number of fused-ring (bicyclic) bond motifs is 1. The maximum absolute atomic E-state index is 3.53. The summed E-state index contributed by atoms with van der Waals surface area (Å²) in [5.74, 6) is 1.76. The lowest BCUT2D eigenvalue weighted by Crippen LogP contribution is -2.33. The Labute approximate surface area is 82.4 Å². The van der Waals surface area contributed by atoms with E-state index >= 15 is 0 Å². The van der Waals surface area contributed by atoms with E-state index in [9.17, 15) is 0 Å². The average Bonchev–Trinajstić information content (AvgIpc) is 2.79. The van der Waals surface area contributed by atoms with Gasteiger partial charge in [-0.2, -0.15) is 0 Å². The summed E-state index contributed by atoms with van der Waals surface area (Å²) in [6.07, 6.45) is 8.51. The zero-order chi connectivity index (χ0) is 9.42. The van der Waals surface area contributed by atoms with Crippen molar-refractivity contribution in [3.63, 3.8) is 0 Å². The molecule has 13 heavy (non-hydrogen) atoms. The van der Waals surface area contributed by atoms with E-state index in [1.165, 1.54) is 12.0 Å². The lowest BCUT2D eigenvalue weighted by molar-refractivity contribution is 0.536. The summed E-state index contributed by atoms with van der Waals surface area (Å²) < 4.78 is 0. The van der Waals surface area contributed by atoms with Crippen molar-refractivity contribution < 1.29 is 1.43 Å². The van der Waals surface area contributed by atoms with E-state index in [0.29, 0.717) is 12.1 Å². The van der Waals surface area contributed by atoms with Crippen molar-refractivity contribution in [1.29, 1.82) is 0 Å². The second kappa shape index (κ2) is 3.30. The fourth-order valence-electron chi connectivity index (χ4n) is 2.07. The molecule has 1 saturated carbocycles. The van der Waals surface area contributed by atoms with E-state index < -0.39 is 0 Å². The first-order chi connectivity index (χ1) is 6.16. The Kier molecular flexibility index (Phi) is 2.29. The normalized spacial score (nSPS) is 32.8. The predicted molar refractivity (Wildman–Crippen MR) is 58.7 cm³/mol. The highest BCUT2D eigenvalue weighted by molar-refractivity contribution is 5.33.